The molecule has 96 valence electrons. The van der Waals surface area contributed by atoms with E-state index in [0.717, 1.165) is 0 Å². The molecule has 0 fully saturated rings. The van der Waals surface area contributed by atoms with Crippen LogP contribution in [0.25, 0.3) is 0 Å². The van der Waals surface area contributed by atoms with Crippen molar-refractivity contribution in [1.29, 1.82) is 0 Å². The lowest BCUT2D eigenvalue weighted by atomic mass is 10.1. The van der Waals surface area contributed by atoms with Crippen LogP contribution < -0.4 is 10.6 Å². The van der Waals surface area contributed by atoms with Gasteiger partial charge in [-0.05, 0) is 18.8 Å². The van der Waals surface area contributed by atoms with Gasteiger partial charge >= 0.3 is 0 Å². The highest BCUT2D eigenvalue weighted by atomic mass is 16.3. The van der Waals surface area contributed by atoms with Gasteiger partial charge in [-0.15, -0.1) is 0 Å². The molecule has 0 aromatic rings. The first-order valence-corrected chi connectivity index (χ1v) is 6.03. The fourth-order valence-electron chi connectivity index (χ4n) is 1.08. The Morgan fingerprint density at radius 2 is 1.69 bits per heavy atom. The molecule has 0 aromatic carbocycles. The number of hydrogen-bond acceptors (Lipinski definition) is 3. The Labute approximate surface area is 98.8 Å². The van der Waals surface area contributed by atoms with E-state index in [0.29, 0.717) is 19.0 Å². The van der Waals surface area contributed by atoms with E-state index in [9.17, 15) is 9.90 Å². The van der Waals surface area contributed by atoms with Gasteiger partial charge in [-0.1, -0.05) is 27.7 Å². The van der Waals surface area contributed by atoms with Crippen LogP contribution >= 0.6 is 0 Å². The third-order valence-corrected chi connectivity index (χ3v) is 2.48. The van der Waals surface area contributed by atoms with Crippen molar-refractivity contribution in [2.24, 2.45) is 11.8 Å². The highest BCUT2D eigenvalue weighted by molar-refractivity contribution is 5.81. The summed E-state index contributed by atoms with van der Waals surface area (Å²) in [4.78, 5) is 11.6. The smallest absolute Gasteiger partial charge is 0.236 e. The Morgan fingerprint density at radius 1 is 1.12 bits per heavy atom. The lowest BCUT2D eigenvalue weighted by molar-refractivity contribution is -0.123. The summed E-state index contributed by atoms with van der Waals surface area (Å²) >= 11 is 0. The zero-order valence-corrected chi connectivity index (χ0v) is 11.1. The Hall–Kier alpha value is -0.610. The van der Waals surface area contributed by atoms with Gasteiger partial charge < -0.3 is 15.7 Å². The second kappa shape index (κ2) is 7.63. The summed E-state index contributed by atoms with van der Waals surface area (Å²) in [5, 5.41) is 15.5. The molecule has 0 radical (unpaired) electrons. The van der Waals surface area contributed by atoms with Crippen LogP contribution in [0.3, 0.4) is 0 Å². The summed E-state index contributed by atoms with van der Waals surface area (Å²) in [6, 6.07) is -0.257. The molecule has 0 rings (SSSR count). The number of aliphatic hydroxyl groups excluding tert-OH is 1. The van der Waals surface area contributed by atoms with Gasteiger partial charge in [0.25, 0.3) is 0 Å². The van der Waals surface area contributed by atoms with Gasteiger partial charge in [0.05, 0.1) is 12.1 Å². The van der Waals surface area contributed by atoms with Gasteiger partial charge in [0.15, 0.2) is 0 Å². The molecule has 0 aliphatic carbocycles. The van der Waals surface area contributed by atoms with Crippen LogP contribution in [-0.2, 0) is 4.79 Å². The molecule has 0 spiro atoms. The molecule has 0 heterocycles. The van der Waals surface area contributed by atoms with E-state index in [1.165, 1.54) is 0 Å². The third-order valence-electron chi connectivity index (χ3n) is 2.48. The molecule has 0 bridgehead atoms. The minimum atomic E-state index is -0.402. The van der Waals surface area contributed by atoms with Crippen LogP contribution in [0.1, 0.15) is 34.6 Å². The summed E-state index contributed by atoms with van der Waals surface area (Å²) in [7, 11) is 0. The molecule has 3 N–H and O–H groups in total. The molecule has 0 saturated carbocycles. The Bertz CT molecular complexity index is 205. The van der Waals surface area contributed by atoms with Gasteiger partial charge in [0.2, 0.25) is 5.91 Å². The lowest BCUT2D eigenvalue weighted by Crippen LogP contribution is -2.46. The molecule has 4 nitrogen and oxygen atoms in total. The van der Waals surface area contributed by atoms with Crippen molar-refractivity contribution in [3.05, 3.63) is 0 Å². The van der Waals surface area contributed by atoms with Crippen LogP contribution in [0.5, 0.6) is 0 Å². The predicted octanol–water partition coefficient (Wildman–Crippen LogP) is 0.754. The van der Waals surface area contributed by atoms with E-state index < -0.39 is 6.10 Å². The molecule has 0 aliphatic heterocycles. The maximum absolute atomic E-state index is 11.6. The predicted molar refractivity (Wildman–Crippen MR) is 66.2 cm³/mol. The summed E-state index contributed by atoms with van der Waals surface area (Å²) in [6.45, 7) is 11.0. The topological polar surface area (TPSA) is 61.4 Å². The fraction of sp³-hybridized carbons (Fsp3) is 0.917. The second-order valence-corrected chi connectivity index (χ2v) is 5.08. The van der Waals surface area contributed by atoms with Crippen LogP contribution in [0.4, 0.5) is 0 Å². The summed E-state index contributed by atoms with van der Waals surface area (Å²) in [5.74, 6) is 0.653. The quantitative estimate of drug-likeness (QED) is 0.605. The van der Waals surface area contributed by atoms with Crippen molar-refractivity contribution in [3.63, 3.8) is 0 Å². The molecule has 0 saturated heterocycles. The standard InChI is InChI=1S/C12H26N2O2/c1-8(2)6-14-12(16)10(5)13-7-11(15)9(3)4/h8-11,13,15H,6-7H2,1-5H3,(H,14,16). The van der Waals surface area contributed by atoms with Crippen molar-refractivity contribution >= 4 is 5.91 Å². The summed E-state index contributed by atoms with van der Waals surface area (Å²) in [5.41, 5.74) is 0. The molecule has 2 atom stereocenters. The van der Waals surface area contributed by atoms with Gasteiger partial charge in [0, 0.05) is 13.1 Å². The number of carbonyl (C=O) groups is 1. The van der Waals surface area contributed by atoms with Crippen molar-refractivity contribution < 1.29 is 9.90 Å². The number of rotatable bonds is 7. The number of aliphatic hydroxyl groups is 1. The van der Waals surface area contributed by atoms with Gasteiger partial charge in [-0.2, -0.15) is 0 Å². The van der Waals surface area contributed by atoms with Gasteiger partial charge in [-0.3, -0.25) is 4.79 Å². The van der Waals surface area contributed by atoms with E-state index >= 15 is 0 Å². The molecule has 0 aliphatic rings. The fourth-order valence-corrected chi connectivity index (χ4v) is 1.08. The molecule has 0 aromatic heterocycles. The molecule has 1 amide bonds. The monoisotopic (exact) mass is 230 g/mol. The second-order valence-electron chi connectivity index (χ2n) is 5.08. The van der Waals surface area contributed by atoms with Crippen molar-refractivity contribution in [3.8, 4) is 0 Å². The lowest BCUT2D eigenvalue weighted by Gasteiger charge is -2.19. The molecular weight excluding hydrogens is 204 g/mol. The highest BCUT2D eigenvalue weighted by Gasteiger charge is 2.15. The minimum Gasteiger partial charge on any atom is -0.392 e. The molecule has 16 heavy (non-hydrogen) atoms. The Morgan fingerprint density at radius 3 is 2.12 bits per heavy atom. The van der Waals surface area contributed by atoms with E-state index in [1.54, 1.807) is 0 Å². The number of hydrogen-bond donors (Lipinski definition) is 3. The molecular formula is C12H26N2O2. The zero-order chi connectivity index (χ0) is 12.7. The van der Waals surface area contributed by atoms with Crippen LogP contribution in [-0.4, -0.2) is 36.2 Å². The SMILES string of the molecule is CC(C)CNC(=O)C(C)NCC(O)C(C)C. The van der Waals surface area contributed by atoms with Crippen LogP contribution in [0.15, 0.2) is 0 Å². The number of amides is 1. The molecule has 4 heteroatoms. The average Bonchev–Trinajstić information content (AvgIpc) is 2.21. The third kappa shape index (κ3) is 6.80. The van der Waals surface area contributed by atoms with E-state index in [1.807, 2.05) is 20.8 Å². The Kier molecular flexibility index (Phi) is 7.34. The first-order valence-electron chi connectivity index (χ1n) is 6.03. The number of carbonyl (C=O) groups excluding carboxylic acids is 1. The summed E-state index contributed by atoms with van der Waals surface area (Å²) in [6.07, 6.45) is -0.402. The first kappa shape index (κ1) is 15.4. The van der Waals surface area contributed by atoms with Gasteiger partial charge in [-0.25, -0.2) is 0 Å². The number of nitrogens with one attached hydrogen (secondary N) is 2. The normalized spacial score (nSPS) is 15.2. The van der Waals surface area contributed by atoms with Crippen molar-refractivity contribution in [1.82, 2.24) is 10.6 Å². The minimum absolute atomic E-state index is 0.00958. The largest absolute Gasteiger partial charge is 0.392 e. The average molecular weight is 230 g/mol. The van der Waals surface area contributed by atoms with E-state index in [-0.39, 0.29) is 17.9 Å². The first-order chi connectivity index (χ1) is 7.34. The highest BCUT2D eigenvalue weighted by Crippen LogP contribution is 1.99. The Balaban J connectivity index is 3.79. The maximum atomic E-state index is 11.6. The van der Waals surface area contributed by atoms with Gasteiger partial charge in [0.1, 0.15) is 0 Å². The molecule has 2 unspecified atom stereocenters. The zero-order valence-electron chi connectivity index (χ0n) is 11.1. The van der Waals surface area contributed by atoms with Crippen LogP contribution in [0, 0.1) is 11.8 Å². The van der Waals surface area contributed by atoms with Crippen molar-refractivity contribution in [2.45, 2.75) is 46.8 Å². The van der Waals surface area contributed by atoms with E-state index in [4.69, 9.17) is 0 Å². The van der Waals surface area contributed by atoms with E-state index in [2.05, 4.69) is 24.5 Å². The van der Waals surface area contributed by atoms with Crippen molar-refractivity contribution in [2.75, 3.05) is 13.1 Å². The van der Waals surface area contributed by atoms with Crippen LogP contribution in [0.2, 0.25) is 0 Å². The summed E-state index contributed by atoms with van der Waals surface area (Å²) < 4.78 is 0. The maximum Gasteiger partial charge on any atom is 0.236 e.